The number of nitrogens with one attached hydrogen (secondary N) is 1. The van der Waals surface area contributed by atoms with Gasteiger partial charge < -0.3 is 10.1 Å². The first-order valence-electron chi connectivity index (χ1n) is 6.53. The van der Waals surface area contributed by atoms with Gasteiger partial charge in [-0.3, -0.25) is 0 Å². The maximum atomic E-state index is 13.5. The molecule has 0 aliphatic rings. The molecule has 106 valence electrons. The van der Waals surface area contributed by atoms with Crippen LogP contribution in [-0.4, -0.2) is 6.54 Å². The molecule has 0 amide bonds. The lowest BCUT2D eigenvalue weighted by molar-refractivity contribution is 0.471. The van der Waals surface area contributed by atoms with E-state index in [0.29, 0.717) is 10.2 Å². The van der Waals surface area contributed by atoms with Gasteiger partial charge >= 0.3 is 0 Å². The number of rotatable bonds is 5. The van der Waals surface area contributed by atoms with E-state index in [-0.39, 0.29) is 5.82 Å². The second kappa shape index (κ2) is 6.86. The Morgan fingerprint density at radius 3 is 2.70 bits per heavy atom. The molecule has 20 heavy (non-hydrogen) atoms. The Kier molecular flexibility index (Phi) is 5.15. The van der Waals surface area contributed by atoms with E-state index in [2.05, 4.69) is 34.2 Å². The average molecular weight is 338 g/mol. The molecule has 2 nitrogen and oxygen atoms in total. The molecule has 0 aliphatic carbocycles. The Morgan fingerprint density at radius 1 is 1.20 bits per heavy atom. The van der Waals surface area contributed by atoms with E-state index < -0.39 is 0 Å². The van der Waals surface area contributed by atoms with Crippen molar-refractivity contribution in [2.24, 2.45) is 0 Å². The van der Waals surface area contributed by atoms with Crippen LogP contribution in [-0.2, 0) is 6.54 Å². The molecular formula is C16H17BrFNO. The van der Waals surface area contributed by atoms with Crippen molar-refractivity contribution in [1.29, 1.82) is 0 Å². The van der Waals surface area contributed by atoms with Crippen LogP contribution in [0.3, 0.4) is 0 Å². The maximum Gasteiger partial charge on any atom is 0.141 e. The van der Waals surface area contributed by atoms with Gasteiger partial charge in [0.25, 0.3) is 0 Å². The fraction of sp³-hybridized carbons (Fsp3) is 0.250. The van der Waals surface area contributed by atoms with Crippen LogP contribution in [0.2, 0.25) is 0 Å². The van der Waals surface area contributed by atoms with Gasteiger partial charge in [-0.1, -0.05) is 19.1 Å². The first kappa shape index (κ1) is 15.0. The second-order valence-electron chi connectivity index (χ2n) is 4.56. The van der Waals surface area contributed by atoms with Gasteiger partial charge in [-0.25, -0.2) is 4.39 Å². The normalized spacial score (nSPS) is 10.6. The minimum absolute atomic E-state index is 0.330. The molecule has 2 aromatic rings. The van der Waals surface area contributed by atoms with Gasteiger partial charge in [0.15, 0.2) is 0 Å². The van der Waals surface area contributed by atoms with E-state index >= 15 is 0 Å². The summed E-state index contributed by atoms with van der Waals surface area (Å²) in [6.07, 6.45) is 0. The van der Waals surface area contributed by atoms with Gasteiger partial charge in [-0.15, -0.1) is 0 Å². The van der Waals surface area contributed by atoms with E-state index in [1.807, 2.05) is 19.1 Å². The van der Waals surface area contributed by atoms with Crippen LogP contribution in [0.25, 0.3) is 0 Å². The summed E-state index contributed by atoms with van der Waals surface area (Å²) in [5.74, 6) is 0.917. The van der Waals surface area contributed by atoms with Gasteiger partial charge in [0.2, 0.25) is 0 Å². The second-order valence-corrected chi connectivity index (χ2v) is 5.41. The third kappa shape index (κ3) is 3.81. The van der Waals surface area contributed by atoms with Crippen LogP contribution in [0.5, 0.6) is 11.5 Å². The summed E-state index contributed by atoms with van der Waals surface area (Å²) in [7, 11) is 0. The first-order chi connectivity index (χ1) is 9.60. The third-order valence-corrected chi connectivity index (χ3v) is 3.59. The molecule has 0 unspecified atom stereocenters. The fourth-order valence-electron chi connectivity index (χ4n) is 1.80. The Balaban J connectivity index is 2.20. The van der Waals surface area contributed by atoms with Crippen LogP contribution in [0.4, 0.5) is 4.39 Å². The highest BCUT2D eigenvalue weighted by Gasteiger charge is 2.06. The van der Waals surface area contributed by atoms with Gasteiger partial charge in [0.1, 0.15) is 17.3 Å². The average Bonchev–Trinajstić information content (AvgIpc) is 2.44. The number of ether oxygens (including phenoxy) is 1. The van der Waals surface area contributed by atoms with Crippen LogP contribution in [0, 0.1) is 12.7 Å². The zero-order valence-corrected chi connectivity index (χ0v) is 13.1. The van der Waals surface area contributed by atoms with Crippen molar-refractivity contribution in [1.82, 2.24) is 5.32 Å². The molecule has 0 heterocycles. The van der Waals surface area contributed by atoms with E-state index in [1.54, 1.807) is 12.1 Å². The lowest BCUT2D eigenvalue weighted by Gasteiger charge is -2.11. The summed E-state index contributed by atoms with van der Waals surface area (Å²) in [6.45, 7) is 5.75. The minimum Gasteiger partial charge on any atom is -0.457 e. The largest absolute Gasteiger partial charge is 0.457 e. The van der Waals surface area contributed by atoms with E-state index in [1.165, 1.54) is 6.07 Å². The van der Waals surface area contributed by atoms with Gasteiger partial charge in [-0.2, -0.15) is 0 Å². The number of aryl methyl sites for hydroxylation is 1. The molecule has 4 heteroatoms. The van der Waals surface area contributed by atoms with Crippen molar-refractivity contribution in [3.8, 4) is 11.5 Å². The van der Waals surface area contributed by atoms with Crippen LogP contribution in [0.1, 0.15) is 18.1 Å². The molecule has 0 saturated heterocycles. The number of benzene rings is 2. The van der Waals surface area contributed by atoms with E-state index in [9.17, 15) is 4.39 Å². The molecule has 0 aliphatic heterocycles. The molecule has 0 radical (unpaired) electrons. The minimum atomic E-state index is -0.330. The molecule has 1 N–H and O–H groups in total. The molecule has 0 aromatic heterocycles. The highest BCUT2D eigenvalue weighted by Crippen LogP contribution is 2.28. The van der Waals surface area contributed by atoms with Gasteiger partial charge in [-0.05, 0) is 58.7 Å². The zero-order valence-electron chi connectivity index (χ0n) is 11.5. The summed E-state index contributed by atoms with van der Waals surface area (Å²) in [4.78, 5) is 0. The molecule has 0 fully saturated rings. The Hall–Kier alpha value is -1.39. The Morgan fingerprint density at radius 2 is 2.00 bits per heavy atom. The van der Waals surface area contributed by atoms with Crippen LogP contribution < -0.4 is 10.1 Å². The molecule has 0 saturated carbocycles. The fourth-order valence-corrected chi connectivity index (χ4v) is 2.05. The topological polar surface area (TPSA) is 21.3 Å². The molecule has 2 rings (SSSR count). The summed E-state index contributed by atoms with van der Waals surface area (Å²) in [6, 6.07) is 10.8. The Bertz CT molecular complexity index is 601. The predicted octanol–water partition coefficient (Wildman–Crippen LogP) is 4.80. The zero-order chi connectivity index (χ0) is 14.5. The van der Waals surface area contributed by atoms with Crippen molar-refractivity contribution in [3.05, 3.63) is 57.8 Å². The van der Waals surface area contributed by atoms with Gasteiger partial charge in [0, 0.05) is 12.6 Å². The highest BCUT2D eigenvalue weighted by atomic mass is 79.9. The number of hydrogen-bond acceptors (Lipinski definition) is 2. The lowest BCUT2D eigenvalue weighted by atomic mass is 10.1. The molecular weight excluding hydrogens is 321 g/mol. The van der Waals surface area contributed by atoms with E-state index in [4.69, 9.17) is 4.74 Å². The smallest absolute Gasteiger partial charge is 0.141 e. The summed E-state index contributed by atoms with van der Waals surface area (Å²) < 4.78 is 19.7. The quantitative estimate of drug-likeness (QED) is 0.846. The van der Waals surface area contributed by atoms with Gasteiger partial charge in [0.05, 0.1) is 4.47 Å². The summed E-state index contributed by atoms with van der Waals surface area (Å²) in [5, 5.41) is 3.27. The Labute approximate surface area is 127 Å². The van der Waals surface area contributed by atoms with Crippen molar-refractivity contribution in [3.63, 3.8) is 0 Å². The van der Waals surface area contributed by atoms with Crippen LogP contribution >= 0.6 is 15.9 Å². The molecule has 0 bridgehead atoms. The first-order valence-corrected chi connectivity index (χ1v) is 7.32. The lowest BCUT2D eigenvalue weighted by Crippen LogP contribution is -2.11. The van der Waals surface area contributed by atoms with Crippen molar-refractivity contribution < 1.29 is 9.13 Å². The molecule has 2 aromatic carbocycles. The predicted molar refractivity (Wildman–Crippen MR) is 82.7 cm³/mol. The number of halogens is 2. The van der Waals surface area contributed by atoms with Crippen molar-refractivity contribution >= 4 is 15.9 Å². The van der Waals surface area contributed by atoms with Crippen molar-refractivity contribution in [2.45, 2.75) is 20.4 Å². The van der Waals surface area contributed by atoms with Crippen LogP contribution in [0.15, 0.2) is 40.9 Å². The number of hydrogen-bond donors (Lipinski definition) is 1. The van der Waals surface area contributed by atoms with E-state index in [0.717, 1.165) is 30.0 Å². The highest BCUT2D eigenvalue weighted by molar-refractivity contribution is 9.10. The molecule has 0 spiro atoms. The summed E-state index contributed by atoms with van der Waals surface area (Å²) in [5.41, 5.74) is 2.17. The standard InChI is InChI=1S/C16H17BrFNO/c1-3-19-10-12-5-4-11(2)16(8-12)20-13-6-7-14(17)15(18)9-13/h4-9,19H,3,10H2,1-2H3. The third-order valence-electron chi connectivity index (χ3n) is 2.95. The van der Waals surface area contributed by atoms with Crippen molar-refractivity contribution in [2.75, 3.05) is 6.54 Å². The monoisotopic (exact) mass is 337 g/mol. The maximum absolute atomic E-state index is 13.5. The SMILES string of the molecule is CCNCc1ccc(C)c(Oc2ccc(Br)c(F)c2)c1. The summed E-state index contributed by atoms with van der Waals surface area (Å²) >= 11 is 3.13. The molecule has 0 atom stereocenters.